The lowest BCUT2D eigenvalue weighted by Crippen LogP contribution is -2.06. The Kier molecular flexibility index (Phi) is 3.64. The van der Waals surface area contributed by atoms with Crippen molar-refractivity contribution in [2.45, 2.75) is 26.3 Å². The number of anilines is 2. The van der Waals surface area contributed by atoms with Gasteiger partial charge in [-0.05, 0) is 31.5 Å². The van der Waals surface area contributed by atoms with E-state index < -0.39 is 0 Å². The lowest BCUT2D eigenvalue weighted by atomic mass is 10.2. The molecule has 3 nitrogen and oxygen atoms in total. The van der Waals surface area contributed by atoms with Crippen LogP contribution in [0.25, 0.3) is 0 Å². The van der Waals surface area contributed by atoms with Gasteiger partial charge in [0.25, 0.3) is 0 Å². The first kappa shape index (κ1) is 11.9. The lowest BCUT2D eigenvalue weighted by molar-refractivity contribution is 0.869. The van der Waals surface area contributed by atoms with E-state index >= 15 is 0 Å². The first-order valence-corrected chi connectivity index (χ1v) is 6.57. The fourth-order valence-electron chi connectivity index (χ4n) is 1.63. The van der Waals surface area contributed by atoms with Crippen molar-refractivity contribution in [2.75, 3.05) is 11.1 Å². The highest BCUT2D eigenvalue weighted by Crippen LogP contribution is 2.24. The molecule has 2 rings (SSSR count). The minimum atomic E-state index is 0.210. The molecule has 1 heterocycles. The molecule has 0 spiro atoms. The molecule has 0 aliphatic carbocycles. The van der Waals surface area contributed by atoms with Crippen LogP contribution in [-0.4, -0.2) is 4.98 Å². The second kappa shape index (κ2) is 5.19. The van der Waals surface area contributed by atoms with Gasteiger partial charge in [-0.25, -0.2) is 4.98 Å². The van der Waals surface area contributed by atoms with Crippen molar-refractivity contribution < 1.29 is 0 Å². The van der Waals surface area contributed by atoms with Gasteiger partial charge < -0.3 is 11.1 Å². The van der Waals surface area contributed by atoms with Crippen molar-refractivity contribution in [2.24, 2.45) is 0 Å². The van der Waals surface area contributed by atoms with Crippen LogP contribution in [0.2, 0.25) is 0 Å². The van der Waals surface area contributed by atoms with Crippen LogP contribution < -0.4 is 11.1 Å². The van der Waals surface area contributed by atoms with Crippen LogP contribution in [0.5, 0.6) is 0 Å². The van der Waals surface area contributed by atoms with Crippen molar-refractivity contribution in [3.8, 4) is 0 Å². The number of thiazole rings is 1. The van der Waals surface area contributed by atoms with Crippen LogP contribution in [0, 0.1) is 0 Å². The molecule has 1 aromatic heterocycles. The van der Waals surface area contributed by atoms with Crippen molar-refractivity contribution in [1.29, 1.82) is 0 Å². The molecule has 0 radical (unpaired) electrons. The third-order valence-electron chi connectivity index (χ3n) is 2.56. The highest BCUT2D eigenvalue weighted by Gasteiger charge is 2.09. The van der Waals surface area contributed by atoms with E-state index in [0.717, 1.165) is 22.8 Å². The molecule has 0 aliphatic rings. The Morgan fingerprint density at radius 2 is 2.29 bits per heavy atom. The zero-order valence-corrected chi connectivity index (χ0v) is 10.9. The van der Waals surface area contributed by atoms with E-state index in [9.17, 15) is 0 Å². The summed E-state index contributed by atoms with van der Waals surface area (Å²) in [6.45, 7) is 4.26. The van der Waals surface area contributed by atoms with Gasteiger partial charge in [0, 0.05) is 22.4 Å². The quantitative estimate of drug-likeness (QED) is 0.813. The van der Waals surface area contributed by atoms with Gasteiger partial charge in [0.15, 0.2) is 0 Å². The molecule has 0 fully saturated rings. The Bertz CT molecular complexity index is 493. The van der Waals surface area contributed by atoms with E-state index in [0.29, 0.717) is 0 Å². The predicted molar refractivity (Wildman–Crippen MR) is 74.4 cm³/mol. The minimum absolute atomic E-state index is 0.210. The highest BCUT2D eigenvalue weighted by atomic mass is 32.1. The Morgan fingerprint density at radius 3 is 2.94 bits per heavy atom. The summed E-state index contributed by atoms with van der Waals surface area (Å²) in [5.41, 5.74) is 7.55. The number of hydrogen-bond acceptors (Lipinski definition) is 4. The molecule has 0 amide bonds. The van der Waals surface area contributed by atoms with Crippen LogP contribution in [0.15, 0.2) is 30.5 Å². The van der Waals surface area contributed by atoms with Gasteiger partial charge in [0.05, 0.1) is 6.04 Å². The fraction of sp³-hybridized carbons (Fsp3) is 0.308. The van der Waals surface area contributed by atoms with E-state index in [1.165, 1.54) is 4.88 Å². The van der Waals surface area contributed by atoms with Gasteiger partial charge in [-0.15, -0.1) is 11.3 Å². The zero-order chi connectivity index (χ0) is 12.3. The minimum Gasteiger partial charge on any atom is -0.399 e. The molecule has 0 saturated carbocycles. The number of aryl methyl sites for hydroxylation is 1. The number of aromatic nitrogens is 1. The van der Waals surface area contributed by atoms with E-state index in [1.54, 1.807) is 11.3 Å². The maximum Gasteiger partial charge on any atom is 0.115 e. The molecular formula is C13H17N3S. The number of rotatable bonds is 4. The molecule has 1 aromatic carbocycles. The molecule has 0 bridgehead atoms. The third-order valence-corrected chi connectivity index (χ3v) is 3.88. The van der Waals surface area contributed by atoms with Gasteiger partial charge in [0.1, 0.15) is 5.01 Å². The first-order chi connectivity index (χ1) is 8.19. The molecule has 4 heteroatoms. The number of nitrogens with two attached hydrogens (primary N) is 1. The SMILES string of the molecule is CCc1cnc(C(C)Nc2cccc(N)c2)s1. The first-order valence-electron chi connectivity index (χ1n) is 5.75. The van der Waals surface area contributed by atoms with Gasteiger partial charge in [-0.2, -0.15) is 0 Å². The summed E-state index contributed by atoms with van der Waals surface area (Å²) < 4.78 is 0. The predicted octanol–water partition coefficient (Wildman–Crippen LogP) is 3.46. The highest BCUT2D eigenvalue weighted by molar-refractivity contribution is 7.11. The summed E-state index contributed by atoms with van der Waals surface area (Å²) in [7, 11) is 0. The molecule has 17 heavy (non-hydrogen) atoms. The van der Waals surface area contributed by atoms with Gasteiger partial charge in [0.2, 0.25) is 0 Å². The second-order valence-corrected chi connectivity index (χ2v) is 5.16. The van der Waals surface area contributed by atoms with Crippen molar-refractivity contribution in [1.82, 2.24) is 4.98 Å². The summed E-state index contributed by atoms with van der Waals surface area (Å²) >= 11 is 1.76. The molecule has 2 aromatic rings. The van der Waals surface area contributed by atoms with Gasteiger partial charge >= 0.3 is 0 Å². The van der Waals surface area contributed by atoms with Crippen LogP contribution in [0.4, 0.5) is 11.4 Å². The normalized spacial score (nSPS) is 12.4. The van der Waals surface area contributed by atoms with Crippen LogP contribution in [0.1, 0.15) is 29.8 Å². The molecule has 1 atom stereocenters. The van der Waals surface area contributed by atoms with Crippen LogP contribution >= 0.6 is 11.3 Å². The number of nitrogens with one attached hydrogen (secondary N) is 1. The molecule has 3 N–H and O–H groups in total. The Morgan fingerprint density at radius 1 is 1.47 bits per heavy atom. The Balaban J connectivity index is 2.08. The summed E-state index contributed by atoms with van der Waals surface area (Å²) in [6, 6.07) is 7.99. The molecular weight excluding hydrogens is 230 g/mol. The number of nitrogens with zero attached hydrogens (tertiary/aromatic N) is 1. The average Bonchev–Trinajstić information content (AvgIpc) is 2.77. The largest absolute Gasteiger partial charge is 0.399 e. The summed E-state index contributed by atoms with van der Waals surface area (Å²) in [5, 5.41) is 4.52. The Hall–Kier alpha value is -1.55. The molecule has 0 aliphatic heterocycles. The van der Waals surface area contributed by atoms with Crippen molar-refractivity contribution in [3.63, 3.8) is 0 Å². The third kappa shape index (κ3) is 2.97. The number of benzene rings is 1. The Labute approximate surface area is 106 Å². The maximum atomic E-state index is 5.75. The fourth-order valence-corrected chi connectivity index (χ4v) is 2.49. The van der Waals surface area contributed by atoms with Gasteiger partial charge in [-0.1, -0.05) is 13.0 Å². The van der Waals surface area contributed by atoms with Crippen LogP contribution in [-0.2, 0) is 6.42 Å². The maximum absolute atomic E-state index is 5.75. The van der Waals surface area contributed by atoms with E-state index in [-0.39, 0.29) is 6.04 Å². The summed E-state index contributed by atoms with van der Waals surface area (Å²) in [5.74, 6) is 0. The van der Waals surface area contributed by atoms with E-state index in [4.69, 9.17) is 5.73 Å². The lowest BCUT2D eigenvalue weighted by Gasteiger charge is -2.12. The molecule has 90 valence electrons. The van der Waals surface area contributed by atoms with Crippen molar-refractivity contribution >= 4 is 22.7 Å². The topological polar surface area (TPSA) is 50.9 Å². The number of hydrogen-bond donors (Lipinski definition) is 2. The van der Waals surface area contributed by atoms with E-state index in [1.807, 2.05) is 30.5 Å². The van der Waals surface area contributed by atoms with E-state index in [2.05, 4.69) is 24.1 Å². The van der Waals surface area contributed by atoms with Crippen molar-refractivity contribution in [3.05, 3.63) is 40.3 Å². The molecule has 0 saturated heterocycles. The standard InChI is InChI=1S/C13H17N3S/c1-3-12-8-15-13(17-12)9(2)16-11-6-4-5-10(14)7-11/h4-9,16H,3,14H2,1-2H3. The summed E-state index contributed by atoms with van der Waals surface area (Å²) in [6.07, 6.45) is 3.00. The smallest absolute Gasteiger partial charge is 0.115 e. The van der Waals surface area contributed by atoms with Gasteiger partial charge in [-0.3, -0.25) is 0 Å². The zero-order valence-electron chi connectivity index (χ0n) is 10.1. The molecule has 1 unspecified atom stereocenters. The van der Waals surface area contributed by atoms with Crippen LogP contribution in [0.3, 0.4) is 0 Å². The monoisotopic (exact) mass is 247 g/mol. The second-order valence-electron chi connectivity index (χ2n) is 4.01. The summed E-state index contributed by atoms with van der Waals surface area (Å²) in [4.78, 5) is 5.75. The average molecular weight is 247 g/mol. The number of nitrogen functional groups attached to an aromatic ring is 1.